The third-order valence-corrected chi connectivity index (χ3v) is 7.06. The van der Waals surface area contributed by atoms with Gasteiger partial charge in [-0.1, -0.05) is 54.6 Å². The average molecular weight is 515 g/mol. The van der Waals surface area contributed by atoms with Gasteiger partial charge in [-0.25, -0.2) is 22.5 Å². The first-order valence-electron chi connectivity index (χ1n) is 11.0. The van der Waals surface area contributed by atoms with Gasteiger partial charge in [0.15, 0.2) is 26.9 Å². The Balaban J connectivity index is 1.82. The Labute approximate surface area is 210 Å². The summed E-state index contributed by atoms with van der Waals surface area (Å²) in [5, 5.41) is 13.8. The summed E-state index contributed by atoms with van der Waals surface area (Å²) in [5.41, 5.74) is 6.46. The fourth-order valence-electron chi connectivity index (χ4n) is 4.26. The first-order valence-corrected chi connectivity index (χ1v) is 12.9. The Hall–Kier alpha value is -4.66. The number of sulfone groups is 1. The van der Waals surface area contributed by atoms with E-state index in [9.17, 15) is 18.5 Å². The van der Waals surface area contributed by atoms with Gasteiger partial charge in [0.05, 0.1) is 11.4 Å². The highest BCUT2D eigenvalue weighted by atomic mass is 32.2. The maximum absolute atomic E-state index is 15.9. The monoisotopic (exact) mass is 514 g/mol. The van der Waals surface area contributed by atoms with Crippen LogP contribution in [0.2, 0.25) is 0 Å². The zero-order valence-corrected chi connectivity index (χ0v) is 20.3. The van der Waals surface area contributed by atoms with Crippen molar-refractivity contribution in [2.24, 2.45) is 5.73 Å². The van der Waals surface area contributed by atoms with Gasteiger partial charge in [0.1, 0.15) is 22.8 Å². The summed E-state index contributed by atoms with van der Waals surface area (Å²) in [6.07, 6.45) is 1.96. The predicted octanol–water partition coefficient (Wildman–Crippen LogP) is 3.11. The Morgan fingerprint density at radius 2 is 1.73 bits per heavy atom. The molecular formula is C26H19FN6O3S. The van der Waals surface area contributed by atoms with Gasteiger partial charge >= 0.3 is 0 Å². The highest BCUT2D eigenvalue weighted by molar-refractivity contribution is 7.90. The molecule has 2 heterocycles. The standard InChI is InChI=1S/C26H19FN6O3S/c1-37(35,36)25-18(16-7-3-2-4-8-16)11-12-21(22(25)27)32-15-30-23-19(14-29)31-33(24(23)26(32)34)20-10-6-5-9-17(20)13-28/h2-12,15H,13,28H2,1H3. The molecule has 0 spiro atoms. The fourth-order valence-corrected chi connectivity index (χ4v) is 5.27. The van der Waals surface area contributed by atoms with Gasteiger partial charge in [-0.05, 0) is 23.3 Å². The third kappa shape index (κ3) is 3.98. The molecule has 0 bridgehead atoms. The van der Waals surface area contributed by atoms with E-state index in [0.29, 0.717) is 16.8 Å². The van der Waals surface area contributed by atoms with Gasteiger partial charge in [0, 0.05) is 18.4 Å². The molecule has 3 aromatic carbocycles. The Morgan fingerprint density at radius 1 is 1.03 bits per heavy atom. The molecule has 0 amide bonds. The number of benzene rings is 3. The van der Waals surface area contributed by atoms with Crippen molar-refractivity contribution in [2.75, 3.05) is 6.26 Å². The number of nitrogens with zero attached hydrogens (tertiary/aromatic N) is 5. The molecule has 0 radical (unpaired) electrons. The van der Waals surface area contributed by atoms with E-state index in [1.807, 2.05) is 6.07 Å². The molecule has 2 aromatic heterocycles. The fraction of sp³-hybridized carbons (Fsp3) is 0.0769. The van der Waals surface area contributed by atoms with Gasteiger partial charge in [-0.2, -0.15) is 10.4 Å². The summed E-state index contributed by atoms with van der Waals surface area (Å²) in [6.45, 7) is 0.140. The van der Waals surface area contributed by atoms with Gasteiger partial charge in [0.25, 0.3) is 5.56 Å². The summed E-state index contributed by atoms with van der Waals surface area (Å²) in [5.74, 6) is -1.10. The van der Waals surface area contributed by atoms with E-state index in [1.165, 1.54) is 16.8 Å². The number of halogens is 1. The second-order valence-corrected chi connectivity index (χ2v) is 10.2. The molecule has 184 valence electrons. The van der Waals surface area contributed by atoms with Crippen LogP contribution in [-0.4, -0.2) is 34.0 Å². The minimum Gasteiger partial charge on any atom is -0.326 e. The van der Waals surface area contributed by atoms with Crippen LogP contribution in [0.4, 0.5) is 4.39 Å². The van der Waals surface area contributed by atoms with E-state index in [2.05, 4.69) is 10.1 Å². The third-order valence-electron chi connectivity index (χ3n) is 5.92. The summed E-state index contributed by atoms with van der Waals surface area (Å²) in [6, 6.07) is 20.1. The topological polar surface area (TPSA) is 137 Å². The van der Waals surface area contributed by atoms with E-state index in [-0.39, 0.29) is 34.5 Å². The van der Waals surface area contributed by atoms with Crippen molar-refractivity contribution in [1.82, 2.24) is 19.3 Å². The minimum atomic E-state index is -4.04. The second kappa shape index (κ2) is 9.09. The number of fused-ring (bicyclic) bond motifs is 1. The number of rotatable bonds is 5. The summed E-state index contributed by atoms with van der Waals surface area (Å²) < 4.78 is 43.5. The van der Waals surface area contributed by atoms with Crippen LogP contribution in [0, 0.1) is 17.1 Å². The van der Waals surface area contributed by atoms with Crippen LogP contribution < -0.4 is 11.3 Å². The molecule has 37 heavy (non-hydrogen) atoms. The molecule has 0 saturated heterocycles. The largest absolute Gasteiger partial charge is 0.326 e. The van der Waals surface area contributed by atoms with Crippen molar-refractivity contribution >= 4 is 20.9 Å². The first-order chi connectivity index (χ1) is 17.8. The number of nitriles is 1. The minimum absolute atomic E-state index is 0.0280. The molecule has 5 aromatic rings. The highest BCUT2D eigenvalue weighted by Gasteiger charge is 2.26. The van der Waals surface area contributed by atoms with Crippen molar-refractivity contribution in [1.29, 1.82) is 5.26 Å². The lowest BCUT2D eigenvalue weighted by Gasteiger charge is -2.14. The maximum atomic E-state index is 15.9. The average Bonchev–Trinajstić information content (AvgIpc) is 3.28. The van der Waals surface area contributed by atoms with Crippen molar-refractivity contribution in [3.63, 3.8) is 0 Å². The zero-order chi connectivity index (χ0) is 26.3. The van der Waals surface area contributed by atoms with Crippen LogP contribution in [0.1, 0.15) is 11.3 Å². The molecule has 0 atom stereocenters. The van der Waals surface area contributed by atoms with Crippen LogP contribution in [0.25, 0.3) is 33.5 Å². The Morgan fingerprint density at radius 3 is 2.41 bits per heavy atom. The first kappa shape index (κ1) is 24.1. The smallest absolute Gasteiger partial charge is 0.284 e. The molecule has 9 nitrogen and oxygen atoms in total. The summed E-state index contributed by atoms with van der Waals surface area (Å²) in [7, 11) is -4.04. The normalized spacial score (nSPS) is 11.5. The lowest BCUT2D eigenvalue weighted by atomic mass is 10.0. The Bertz CT molecular complexity index is 1890. The molecule has 0 aliphatic carbocycles. The molecule has 5 rings (SSSR count). The summed E-state index contributed by atoms with van der Waals surface area (Å²) >= 11 is 0. The Kier molecular flexibility index (Phi) is 5.91. The lowest BCUT2D eigenvalue weighted by molar-refractivity contribution is 0.566. The quantitative estimate of drug-likeness (QED) is 0.380. The van der Waals surface area contributed by atoms with Gasteiger partial charge < -0.3 is 5.73 Å². The number of hydrogen-bond donors (Lipinski definition) is 1. The lowest BCUT2D eigenvalue weighted by Crippen LogP contribution is -2.23. The molecule has 0 unspecified atom stereocenters. The van der Waals surface area contributed by atoms with E-state index < -0.39 is 26.1 Å². The van der Waals surface area contributed by atoms with Crippen molar-refractivity contribution in [3.05, 3.63) is 100 Å². The number of hydrogen-bond acceptors (Lipinski definition) is 7. The molecule has 2 N–H and O–H groups in total. The SMILES string of the molecule is CS(=O)(=O)c1c(-c2ccccc2)ccc(-n2cnc3c(C#N)nn(-c4ccccc4CN)c3c2=O)c1F. The predicted molar refractivity (Wildman–Crippen MR) is 136 cm³/mol. The van der Waals surface area contributed by atoms with Crippen LogP contribution in [0.15, 0.2) is 82.7 Å². The van der Waals surface area contributed by atoms with Crippen molar-refractivity contribution < 1.29 is 12.8 Å². The van der Waals surface area contributed by atoms with Crippen LogP contribution in [-0.2, 0) is 16.4 Å². The van der Waals surface area contributed by atoms with Gasteiger partial charge in [-0.3, -0.25) is 9.36 Å². The number of para-hydroxylation sites is 1. The number of nitrogens with two attached hydrogens (primary N) is 1. The van der Waals surface area contributed by atoms with Gasteiger partial charge in [-0.15, -0.1) is 0 Å². The molecule has 0 aliphatic rings. The molecular weight excluding hydrogens is 495 g/mol. The van der Waals surface area contributed by atoms with Crippen LogP contribution in [0.5, 0.6) is 0 Å². The van der Waals surface area contributed by atoms with Crippen molar-refractivity contribution in [3.8, 4) is 28.6 Å². The molecule has 11 heteroatoms. The van der Waals surface area contributed by atoms with Crippen LogP contribution in [0.3, 0.4) is 0 Å². The second-order valence-electron chi connectivity index (χ2n) is 8.24. The van der Waals surface area contributed by atoms with Gasteiger partial charge in [0.2, 0.25) is 0 Å². The highest BCUT2D eigenvalue weighted by Crippen LogP contribution is 2.32. The van der Waals surface area contributed by atoms with E-state index in [4.69, 9.17) is 5.73 Å². The molecule has 0 saturated carbocycles. The van der Waals surface area contributed by atoms with E-state index in [1.54, 1.807) is 54.6 Å². The van der Waals surface area contributed by atoms with E-state index >= 15 is 4.39 Å². The summed E-state index contributed by atoms with van der Waals surface area (Å²) in [4.78, 5) is 17.4. The molecule has 0 aliphatic heterocycles. The van der Waals surface area contributed by atoms with Crippen molar-refractivity contribution in [2.45, 2.75) is 11.4 Å². The van der Waals surface area contributed by atoms with Crippen LogP contribution >= 0.6 is 0 Å². The maximum Gasteiger partial charge on any atom is 0.284 e. The number of aromatic nitrogens is 4. The van der Waals surface area contributed by atoms with E-state index in [0.717, 1.165) is 17.2 Å². The molecule has 0 fully saturated rings. The zero-order valence-electron chi connectivity index (χ0n) is 19.5.